The summed E-state index contributed by atoms with van der Waals surface area (Å²) in [7, 11) is 0. The molecule has 1 atom stereocenters. The summed E-state index contributed by atoms with van der Waals surface area (Å²) in [6.07, 6.45) is -3.83. The van der Waals surface area contributed by atoms with Gasteiger partial charge in [-0.3, -0.25) is 0 Å². The van der Waals surface area contributed by atoms with E-state index in [4.69, 9.17) is 0 Å². The van der Waals surface area contributed by atoms with Gasteiger partial charge in [-0.2, -0.15) is 13.2 Å². The third-order valence-corrected chi connectivity index (χ3v) is 3.13. The molecule has 0 saturated carbocycles. The van der Waals surface area contributed by atoms with Crippen LogP contribution in [0.4, 0.5) is 18.0 Å². The van der Waals surface area contributed by atoms with E-state index in [0.717, 1.165) is 12.1 Å². The van der Waals surface area contributed by atoms with E-state index in [1.807, 2.05) is 0 Å². The molecule has 1 saturated heterocycles. The molecule has 3 nitrogen and oxygen atoms in total. The summed E-state index contributed by atoms with van der Waals surface area (Å²) in [5, 5.41) is 5.25. The van der Waals surface area contributed by atoms with Crippen molar-refractivity contribution in [3.63, 3.8) is 0 Å². The highest BCUT2D eigenvalue weighted by molar-refractivity contribution is 5.76. The van der Waals surface area contributed by atoms with Gasteiger partial charge in [0.2, 0.25) is 0 Å². The lowest BCUT2D eigenvalue weighted by Crippen LogP contribution is -2.54. The SMILES string of the molecule is CC1(c2cccc(C(F)(F)F)c2)CCNC(=O)N1. The molecule has 2 N–H and O–H groups in total. The van der Waals surface area contributed by atoms with Crippen LogP contribution < -0.4 is 10.6 Å². The first-order valence-corrected chi connectivity index (χ1v) is 5.55. The van der Waals surface area contributed by atoms with Gasteiger partial charge in [-0.05, 0) is 31.0 Å². The topological polar surface area (TPSA) is 41.1 Å². The Morgan fingerprint density at radius 1 is 1.33 bits per heavy atom. The molecule has 0 bridgehead atoms. The Balaban J connectivity index is 2.36. The first-order valence-electron chi connectivity index (χ1n) is 5.55. The van der Waals surface area contributed by atoms with Crippen LogP contribution in [0.1, 0.15) is 24.5 Å². The van der Waals surface area contributed by atoms with Crippen LogP contribution in [0.2, 0.25) is 0 Å². The first-order chi connectivity index (χ1) is 8.31. The normalized spacial score (nSPS) is 24.3. The Hall–Kier alpha value is -1.72. The zero-order valence-electron chi connectivity index (χ0n) is 9.77. The number of nitrogens with one attached hydrogen (secondary N) is 2. The van der Waals surface area contributed by atoms with Crippen molar-refractivity contribution in [3.05, 3.63) is 35.4 Å². The van der Waals surface area contributed by atoms with Gasteiger partial charge in [0.25, 0.3) is 0 Å². The third kappa shape index (κ3) is 2.42. The standard InChI is InChI=1S/C12H13F3N2O/c1-11(5-6-16-10(18)17-11)8-3-2-4-9(7-8)12(13,14)15/h2-4,7H,5-6H2,1H3,(H2,16,17,18). The zero-order valence-corrected chi connectivity index (χ0v) is 9.77. The van der Waals surface area contributed by atoms with Gasteiger partial charge in [-0.15, -0.1) is 0 Å². The van der Waals surface area contributed by atoms with Crippen molar-refractivity contribution in [1.29, 1.82) is 0 Å². The fourth-order valence-electron chi connectivity index (χ4n) is 2.04. The summed E-state index contributed by atoms with van der Waals surface area (Å²) in [4.78, 5) is 11.3. The molecule has 1 aromatic carbocycles. The van der Waals surface area contributed by atoms with Gasteiger partial charge >= 0.3 is 12.2 Å². The fourth-order valence-corrected chi connectivity index (χ4v) is 2.04. The summed E-state index contributed by atoms with van der Waals surface area (Å²) in [6, 6.07) is 4.71. The Kier molecular flexibility index (Phi) is 2.96. The van der Waals surface area contributed by atoms with E-state index in [0.29, 0.717) is 18.5 Å². The maximum Gasteiger partial charge on any atom is 0.416 e. The van der Waals surface area contributed by atoms with Crippen LogP contribution in [0.3, 0.4) is 0 Å². The number of alkyl halides is 3. The third-order valence-electron chi connectivity index (χ3n) is 3.13. The predicted molar refractivity (Wildman–Crippen MR) is 59.9 cm³/mol. The molecule has 0 aromatic heterocycles. The Morgan fingerprint density at radius 3 is 2.67 bits per heavy atom. The van der Waals surface area contributed by atoms with Crippen molar-refractivity contribution in [3.8, 4) is 0 Å². The second kappa shape index (κ2) is 4.19. The average molecular weight is 258 g/mol. The van der Waals surface area contributed by atoms with Gasteiger partial charge in [0.1, 0.15) is 0 Å². The van der Waals surface area contributed by atoms with Gasteiger partial charge in [0.05, 0.1) is 11.1 Å². The summed E-state index contributed by atoms with van der Waals surface area (Å²) in [5.41, 5.74) is -0.995. The molecule has 2 rings (SSSR count). The molecule has 6 heteroatoms. The van der Waals surface area contributed by atoms with E-state index >= 15 is 0 Å². The highest BCUT2D eigenvalue weighted by Crippen LogP contribution is 2.33. The summed E-state index contributed by atoms with van der Waals surface area (Å²) < 4.78 is 37.9. The molecule has 2 amide bonds. The average Bonchev–Trinajstić information content (AvgIpc) is 2.28. The van der Waals surface area contributed by atoms with Crippen LogP contribution in [0.15, 0.2) is 24.3 Å². The molecule has 0 spiro atoms. The number of carbonyl (C=O) groups is 1. The molecular formula is C12H13F3N2O. The van der Waals surface area contributed by atoms with E-state index in [-0.39, 0.29) is 6.03 Å². The Bertz CT molecular complexity index is 473. The molecule has 1 fully saturated rings. The molecule has 0 radical (unpaired) electrons. The number of benzene rings is 1. The highest BCUT2D eigenvalue weighted by Gasteiger charge is 2.35. The summed E-state index contributed by atoms with van der Waals surface area (Å²) in [6.45, 7) is 2.17. The van der Waals surface area contributed by atoms with Crippen LogP contribution in [0, 0.1) is 0 Å². The predicted octanol–water partition coefficient (Wildman–Crippen LogP) is 2.62. The summed E-state index contributed by atoms with van der Waals surface area (Å²) in [5.74, 6) is 0. The molecule has 1 heterocycles. The second-order valence-electron chi connectivity index (χ2n) is 4.54. The van der Waals surface area contributed by atoms with E-state index in [1.54, 1.807) is 13.0 Å². The minimum Gasteiger partial charge on any atom is -0.338 e. The van der Waals surface area contributed by atoms with E-state index in [9.17, 15) is 18.0 Å². The number of halogens is 3. The van der Waals surface area contributed by atoms with Crippen LogP contribution in [0.25, 0.3) is 0 Å². The van der Waals surface area contributed by atoms with E-state index in [2.05, 4.69) is 10.6 Å². The number of carbonyl (C=O) groups excluding carboxylic acids is 1. The lowest BCUT2D eigenvalue weighted by atomic mass is 9.86. The van der Waals surface area contributed by atoms with Crippen LogP contribution in [-0.4, -0.2) is 12.6 Å². The zero-order chi connectivity index (χ0) is 13.4. The minimum atomic E-state index is -4.37. The van der Waals surface area contributed by atoms with Gasteiger partial charge in [-0.1, -0.05) is 12.1 Å². The van der Waals surface area contributed by atoms with Crippen molar-refractivity contribution in [2.45, 2.75) is 25.1 Å². The minimum absolute atomic E-state index is 0.360. The van der Waals surface area contributed by atoms with Crippen LogP contribution in [0.5, 0.6) is 0 Å². The molecule has 18 heavy (non-hydrogen) atoms. The molecule has 1 aromatic rings. The number of hydrogen-bond acceptors (Lipinski definition) is 1. The molecular weight excluding hydrogens is 245 g/mol. The van der Waals surface area contributed by atoms with Crippen molar-refractivity contribution in [2.75, 3.05) is 6.54 Å². The number of amides is 2. The van der Waals surface area contributed by atoms with Gasteiger partial charge < -0.3 is 10.6 Å². The lowest BCUT2D eigenvalue weighted by molar-refractivity contribution is -0.137. The van der Waals surface area contributed by atoms with Crippen molar-refractivity contribution >= 4 is 6.03 Å². The highest BCUT2D eigenvalue weighted by atomic mass is 19.4. The number of hydrogen-bond donors (Lipinski definition) is 2. The maximum absolute atomic E-state index is 12.6. The van der Waals surface area contributed by atoms with Crippen molar-refractivity contribution in [2.24, 2.45) is 0 Å². The number of urea groups is 1. The molecule has 98 valence electrons. The number of rotatable bonds is 1. The van der Waals surface area contributed by atoms with Gasteiger partial charge in [-0.25, -0.2) is 4.79 Å². The Labute approximate surface area is 102 Å². The molecule has 1 aliphatic heterocycles. The largest absolute Gasteiger partial charge is 0.416 e. The maximum atomic E-state index is 12.6. The van der Waals surface area contributed by atoms with E-state index < -0.39 is 17.3 Å². The van der Waals surface area contributed by atoms with Gasteiger partial charge in [0.15, 0.2) is 0 Å². The van der Waals surface area contributed by atoms with Crippen LogP contribution in [-0.2, 0) is 11.7 Å². The summed E-state index contributed by atoms with van der Waals surface area (Å²) >= 11 is 0. The monoisotopic (exact) mass is 258 g/mol. The first kappa shape index (κ1) is 12.7. The quantitative estimate of drug-likeness (QED) is 0.798. The van der Waals surface area contributed by atoms with Crippen molar-refractivity contribution < 1.29 is 18.0 Å². The second-order valence-corrected chi connectivity index (χ2v) is 4.54. The smallest absolute Gasteiger partial charge is 0.338 e. The van der Waals surface area contributed by atoms with Crippen LogP contribution >= 0.6 is 0 Å². The Morgan fingerprint density at radius 2 is 2.06 bits per heavy atom. The lowest BCUT2D eigenvalue weighted by Gasteiger charge is -2.35. The molecule has 1 unspecified atom stereocenters. The van der Waals surface area contributed by atoms with E-state index in [1.165, 1.54) is 6.07 Å². The molecule has 1 aliphatic rings. The van der Waals surface area contributed by atoms with Gasteiger partial charge in [0, 0.05) is 6.54 Å². The molecule has 0 aliphatic carbocycles. The fraction of sp³-hybridized carbons (Fsp3) is 0.417. The van der Waals surface area contributed by atoms with Crippen molar-refractivity contribution in [1.82, 2.24) is 10.6 Å².